The molecule has 1 heterocycles. The van der Waals surface area contributed by atoms with Gasteiger partial charge in [0.25, 0.3) is 11.4 Å². The minimum absolute atomic E-state index is 0.00731. The van der Waals surface area contributed by atoms with Gasteiger partial charge in [0.15, 0.2) is 0 Å². The van der Waals surface area contributed by atoms with Crippen molar-refractivity contribution < 1.29 is 14.8 Å². The Kier molecular flexibility index (Phi) is 3.32. The van der Waals surface area contributed by atoms with Crippen LogP contribution in [0.15, 0.2) is 24.4 Å². The van der Waals surface area contributed by atoms with Crippen LogP contribution in [-0.4, -0.2) is 24.6 Å². The average molecular weight is 293 g/mol. The quantitative estimate of drug-likeness (QED) is 0.617. The highest BCUT2D eigenvalue weighted by molar-refractivity contribution is 5.53. The first kappa shape index (κ1) is 14.0. The van der Waals surface area contributed by atoms with E-state index in [1.165, 1.54) is 13.1 Å². The molecule has 0 unspecified atom stereocenters. The summed E-state index contributed by atoms with van der Waals surface area (Å²) in [6.07, 6.45) is 1.26. The molecule has 0 aliphatic carbocycles. The van der Waals surface area contributed by atoms with E-state index >= 15 is 0 Å². The van der Waals surface area contributed by atoms with Crippen molar-refractivity contribution in [2.24, 2.45) is 0 Å². The fourth-order valence-corrected chi connectivity index (χ4v) is 1.69. The van der Waals surface area contributed by atoms with Crippen LogP contribution >= 0.6 is 0 Å². The summed E-state index contributed by atoms with van der Waals surface area (Å²) >= 11 is 0. The number of aryl methyl sites for hydroxylation is 1. The second-order valence-corrected chi connectivity index (χ2v) is 4.06. The summed E-state index contributed by atoms with van der Waals surface area (Å²) in [5.74, 6) is -0.427. The molecule has 1 aromatic heterocycles. The largest absolute Gasteiger partial charge is 0.393 e. The lowest BCUT2D eigenvalue weighted by Crippen LogP contribution is -2.00. The zero-order valence-corrected chi connectivity index (χ0v) is 10.5. The molecule has 0 spiro atoms. The average Bonchev–Trinajstić information content (AvgIpc) is 2.80. The number of hydrogen-bond acceptors (Lipinski definition) is 7. The molecule has 0 atom stereocenters. The highest BCUT2D eigenvalue weighted by Gasteiger charge is 2.22. The Morgan fingerprint density at radius 1 is 0.952 bits per heavy atom. The third-order valence-electron chi connectivity index (χ3n) is 2.62. The van der Waals surface area contributed by atoms with Crippen molar-refractivity contribution in [3.63, 3.8) is 0 Å². The van der Waals surface area contributed by atoms with Gasteiger partial charge in [0.05, 0.1) is 32.8 Å². The molecule has 21 heavy (non-hydrogen) atoms. The summed E-state index contributed by atoms with van der Waals surface area (Å²) < 4.78 is 0.994. The van der Waals surface area contributed by atoms with Gasteiger partial charge in [-0.1, -0.05) is 0 Å². The van der Waals surface area contributed by atoms with Gasteiger partial charge in [0.1, 0.15) is 5.69 Å². The zero-order chi connectivity index (χ0) is 15.7. The summed E-state index contributed by atoms with van der Waals surface area (Å²) in [7, 11) is 0. The topological polar surface area (TPSA) is 147 Å². The van der Waals surface area contributed by atoms with Crippen molar-refractivity contribution in [2.45, 2.75) is 6.92 Å². The Labute approximate surface area is 115 Å². The Morgan fingerprint density at radius 2 is 1.48 bits per heavy atom. The van der Waals surface area contributed by atoms with Crippen molar-refractivity contribution in [1.29, 1.82) is 0 Å². The van der Waals surface area contributed by atoms with Crippen LogP contribution in [0.2, 0.25) is 0 Å². The smallest absolute Gasteiger partial charge is 0.358 e. The number of nitro groups is 3. The van der Waals surface area contributed by atoms with E-state index in [9.17, 15) is 30.3 Å². The van der Waals surface area contributed by atoms with Crippen LogP contribution in [0.5, 0.6) is 0 Å². The van der Waals surface area contributed by atoms with Crippen molar-refractivity contribution in [3.05, 3.63) is 60.3 Å². The van der Waals surface area contributed by atoms with E-state index in [1.54, 1.807) is 0 Å². The number of hydrogen-bond donors (Lipinski definition) is 0. The zero-order valence-electron chi connectivity index (χ0n) is 10.5. The van der Waals surface area contributed by atoms with Gasteiger partial charge in [-0.15, -0.1) is 4.68 Å². The molecule has 0 aliphatic heterocycles. The third kappa shape index (κ3) is 2.65. The van der Waals surface area contributed by atoms with E-state index in [0.29, 0.717) is 0 Å². The van der Waals surface area contributed by atoms with Gasteiger partial charge in [-0.3, -0.25) is 20.2 Å². The molecule has 0 fully saturated rings. The fraction of sp³-hybridized carbons (Fsp3) is 0.100. The van der Waals surface area contributed by atoms with Crippen LogP contribution in [0.25, 0.3) is 5.69 Å². The van der Waals surface area contributed by atoms with Crippen LogP contribution in [0.3, 0.4) is 0 Å². The lowest BCUT2D eigenvalue weighted by atomic mass is 10.2. The highest BCUT2D eigenvalue weighted by Crippen LogP contribution is 2.26. The van der Waals surface area contributed by atoms with Crippen molar-refractivity contribution in [2.75, 3.05) is 0 Å². The predicted octanol–water partition coefficient (Wildman–Crippen LogP) is 1.91. The van der Waals surface area contributed by atoms with Gasteiger partial charge >= 0.3 is 5.82 Å². The maximum atomic E-state index is 10.8. The monoisotopic (exact) mass is 293 g/mol. The first-order valence-corrected chi connectivity index (χ1v) is 5.44. The molecule has 0 aliphatic rings. The number of nitrogens with zero attached hydrogens (tertiary/aromatic N) is 5. The summed E-state index contributed by atoms with van der Waals surface area (Å²) in [6.45, 7) is 1.44. The Hall–Kier alpha value is -3.37. The van der Waals surface area contributed by atoms with E-state index in [4.69, 9.17) is 0 Å². The molecular formula is C10H7N5O6. The van der Waals surface area contributed by atoms with E-state index in [0.717, 1.165) is 22.9 Å². The molecule has 1 aromatic carbocycles. The molecule has 11 heteroatoms. The van der Waals surface area contributed by atoms with Gasteiger partial charge in [0.2, 0.25) is 0 Å². The molecule has 108 valence electrons. The maximum absolute atomic E-state index is 10.8. The summed E-state index contributed by atoms with van der Waals surface area (Å²) in [4.78, 5) is 30.0. The molecule has 0 bridgehead atoms. The highest BCUT2D eigenvalue weighted by atomic mass is 16.6. The first-order valence-electron chi connectivity index (χ1n) is 5.44. The molecule has 11 nitrogen and oxygen atoms in total. The summed E-state index contributed by atoms with van der Waals surface area (Å²) in [5.41, 5.74) is -0.786. The summed E-state index contributed by atoms with van der Waals surface area (Å²) in [6, 6.07) is 2.89. The van der Waals surface area contributed by atoms with Gasteiger partial charge in [0, 0.05) is 12.1 Å². The maximum Gasteiger partial charge on any atom is 0.393 e. The molecule has 0 radical (unpaired) electrons. The minimum Gasteiger partial charge on any atom is -0.358 e. The minimum atomic E-state index is -0.790. The van der Waals surface area contributed by atoms with Crippen LogP contribution in [-0.2, 0) is 0 Å². The van der Waals surface area contributed by atoms with Gasteiger partial charge in [-0.25, -0.2) is 0 Å². The number of non-ortho nitro benzene ring substituents is 2. The van der Waals surface area contributed by atoms with Crippen molar-refractivity contribution in [1.82, 2.24) is 9.78 Å². The Morgan fingerprint density at radius 3 is 1.86 bits per heavy atom. The van der Waals surface area contributed by atoms with Gasteiger partial charge < -0.3 is 10.1 Å². The SMILES string of the molecule is Cc1cn(-c2cc([N+](=O)[O-])cc([N+](=O)[O-])c2)nc1[N+](=O)[O-]. The second-order valence-electron chi connectivity index (χ2n) is 4.06. The van der Waals surface area contributed by atoms with Crippen molar-refractivity contribution >= 4 is 17.2 Å². The van der Waals surface area contributed by atoms with Crippen LogP contribution in [0, 0.1) is 37.3 Å². The Balaban J connectivity index is 2.62. The molecule has 0 saturated heterocycles. The molecule has 0 saturated carbocycles. The van der Waals surface area contributed by atoms with Gasteiger partial charge in [-0.05, 0) is 11.8 Å². The van der Waals surface area contributed by atoms with Gasteiger partial charge in [-0.2, -0.15) is 0 Å². The van der Waals surface area contributed by atoms with E-state index < -0.39 is 32.0 Å². The molecule has 2 rings (SSSR count). The predicted molar refractivity (Wildman–Crippen MR) is 68.3 cm³/mol. The fourth-order valence-electron chi connectivity index (χ4n) is 1.69. The van der Waals surface area contributed by atoms with E-state index in [1.807, 2.05) is 0 Å². The standard InChI is InChI=1S/C10H7N5O6/c1-6-5-12(11-10(6)15(20)21)7-2-8(13(16)17)4-9(3-7)14(18)19/h2-5H,1H3. The normalized spacial score (nSPS) is 10.3. The summed E-state index contributed by atoms with van der Waals surface area (Å²) in [5, 5.41) is 36.0. The van der Waals surface area contributed by atoms with Crippen molar-refractivity contribution in [3.8, 4) is 5.69 Å². The molecule has 0 amide bonds. The van der Waals surface area contributed by atoms with E-state index in [2.05, 4.69) is 5.10 Å². The lowest BCUT2D eigenvalue weighted by molar-refractivity contribution is -0.394. The van der Waals surface area contributed by atoms with Crippen LogP contribution < -0.4 is 0 Å². The third-order valence-corrected chi connectivity index (χ3v) is 2.62. The number of benzene rings is 1. The van der Waals surface area contributed by atoms with Crippen LogP contribution in [0.4, 0.5) is 17.2 Å². The Bertz CT molecular complexity index is 735. The first-order chi connectivity index (χ1) is 9.79. The van der Waals surface area contributed by atoms with Crippen LogP contribution in [0.1, 0.15) is 5.56 Å². The van der Waals surface area contributed by atoms with E-state index in [-0.39, 0.29) is 11.3 Å². The number of nitro benzene ring substituents is 2. The molecular weight excluding hydrogens is 286 g/mol. The molecule has 0 N–H and O–H groups in total. The molecule has 2 aromatic rings. The lowest BCUT2D eigenvalue weighted by Gasteiger charge is -1.98. The number of aromatic nitrogens is 2. The second kappa shape index (κ2) is 4.96. The number of rotatable bonds is 4.